The summed E-state index contributed by atoms with van der Waals surface area (Å²) in [5, 5.41) is 3.55. The van der Waals surface area contributed by atoms with E-state index in [1.54, 1.807) is 54.5 Å². The second kappa shape index (κ2) is 10.4. The molecular weight excluding hydrogens is 442 g/mol. The fraction of sp³-hybridized carbons (Fsp3) is 0.240. The van der Waals surface area contributed by atoms with Gasteiger partial charge in [0.2, 0.25) is 6.79 Å². The van der Waals surface area contributed by atoms with E-state index in [2.05, 4.69) is 10.3 Å². The molecule has 2 amide bonds. The van der Waals surface area contributed by atoms with Crippen molar-refractivity contribution in [1.82, 2.24) is 15.2 Å². The first kappa shape index (κ1) is 22.6. The number of carbonyl (C=O) groups excluding carboxylic acids is 2. The first-order chi connectivity index (χ1) is 16.0. The van der Waals surface area contributed by atoms with Gasteiger partial charge in [-0.3, -0.25) is 14.6 Å². The molecule has 0 saturated carbocycles. The third-order valence-corrected chi connectivity index (χ3v) is 5.79. The van der Waals surface area contributed by atoms with Gasteiger partial charge in [-0.05, 0) is 54.8 Å². The summed E-state index contributed by atoms with van der Waals surface area (Å²) >= 11 is 6.03. The number of aromatic nitrogens is 1. The van der Waals surface area contributed by atoms with Crippen LogP contribution in [0.25, 0.3) is 0 Å². The number of nitrogens with zero attached hydrogens (tertiary/aromatic N) is 2. The Balaban J connectivity index is 1.49. The van der Waals surface area contributed by atoms with E-state index in [-0.39, 0.29) is 24.6 Å². The Labute approximate surface area is 197 Å². The number of amides is 2. The molecule has 3 aromatic rings. The van der Waals surface area contributed by atoms with Gasteiger partial charge in [0.1, 0.15) is 5.69 Å². The third-order valence-electron chi connectivity index (χ3n) is 5.54. The summed E-state index contributed by atoms with van der Waals surface area (Å²) in [6.45, 7) is 0.481. The smallest absolute Gasteiger partial charge is 0.269 e. The number of para-hydroxylation sites is 1. The second-order valence-corrected chi connectivity index (χ2v) is 8.14. The lowest BCUT2D eigenvalue weighted by atomic mass is 10.0. The molecule has 0 saturated heterocycles. The SMILES string of the molecule is CN(C(=O)c1cccc2c1OCO2)[C@H](CCNC(=O)c1ccccn1)Cc1ccc(Cl)cc1. The molecule has 33 heavy (non-hydrogen) atoms. The quantitative estimate of drug-likeness (QED) is 0.544. The maximum Gasteiger partial charge on any atom is 0.269 e. The fourth-order valence-corrected chi connectivity index (χ4v) is 3.85. The molecule has 0 spiro atoms. The highest BCUT2D eigenvalue weighted by Gasteiger charge is 2.27. The molecule has 1 aliphatic rings. The van der Waals surface area contributed by atoms with Crippen molar-refractivity contribution >= 4 is 23.4 Å². The van der Waals surface area contributed by atoms with Crippen LogP contribution in [0, 0.1) is 0 Å². The topological polar surface area (TPSA) is 80.8 Å². The fourth-order valence-electron chi connectivity index (χ4n) is 3.72. The van der Waals surface area contributed by atoms with Gasteiger partial charge < -0.3 is 19.7 Å². The normalized spacial score (nSPS) is 12.8. The highest BCUT2D eigenvalue weighted by molar-refractivity contribution is 6.30. The third kappa shape index (κ3) is 5.43. The number of halogens is 1. The number of rotatable bonds is 8. The van der Waals surface area contributed by atoms with Gasteiger partial charge in [-0.2, -0.15) is 0 Å². The number of carbonyl (C=O) groups is 2. The Kier molecular flexibility index (Phi) is 7.10. The predicted molar refractivity (Wildman–Crippen MR) is 125 cm³/mol. The van der Waals surface area contributed by atoms with E-state index >= 15 is 0 Å². The van der Waals surface area contributed by atoms with Gasteiger partial charge in [-0.25, -0.2) is 0 Å². The number of fused-ring (bicyclic) bond motifs is 1. The van der Waals surface area contributed by atoms with Crippen molar-refractivity contribution in [2.24, 2.45) is 0 Å². The molecule has 0 bridgehead atoms. The molecule has 8 heteroatoms. The minimum absolute atomic E-state index is 0.0943. The maximum atomic E-state index is 13.4. The van der Waals surface area contributed by atoms with Gasteiger partial charge in [0, 0.05) is 30.9 Å². The van der Waals surface area contributed by atoms with E-state index in [1.165, 1.54) is 0 Å². The van der Waals surface area contributed by atoms with Crippen LogP contribution in [-0.4, -0.2) is 48.1 Å². The number of nitrogens with one attached hydrogen (secondary N) is 1. The van der Waals surface area contributed by atoms with Crippen molar-refractivity contribution in [2.75, 3.05) is 20.4 Å². The largest absolute Gasteiger partial charge is 0.454 e. The summed E-state index contributed by atoms with van der Waals surface area (Å²) in [5.74, 6) is 0.600. The summed E-state index contributed by atoms with van der Waals surface area (Å²) in [6, 6.07) is 17.8. The molecule has 4 rings (SSSR count). The monoisotopic (exact) mass is 465 g/mol. The van der Waals surface area contributed by atoms with Crippen molar-refractivity contribution in [2.45, 2.75) is 18.9 Å². The summed E-state index contributed by atoms with van der Waals surface area (Å²) < 4.78 is 10.9. The van der Waals surface area contributed by atoms with Crippen LogP contribution in [-0.2, 0) is 6.42 Å². The lowest BCUT2D eigenvalue weighted by molar-refractivity contribution is 0.0718. The van der Waals surface area contributed by atoms with Gasteiger partial charge in [-0.15, -0.1) is 0 Å². The molecule has 0 radical (unpaired) electrons. The number of pyridine rings is 1. The van der Waals surface area contributed by atoms with Crippen LogP contribution in [0.5, 0.6) is 11.5 Å². The zero-order chi connectivity index (χ0) is 23.2. The average Bonchev–Trinajstić information content (AvgIpc) is 3.33. The molecule has 0 fully saturated rings. The zero-order valence-corrected chi connectivity index (χ0v) is 18.9. The second-order valence-electron chi connectivity index (χ2n) is 7.70. The van der Waals surface area contributed by atoms with Crippen molar-refractivity contribution in [1.29, 1.82) is 0 Å². The average molecular weight is 466 g/mol. The summed E-state index contributed by atoms with van der Waals surface area (Å²) in [7, 11) is 1.76. The van der Waals surface area contributed by atoms with Crippen LogP contribution in [0.2, 0.25) is 5.02 Å². The standard InChI is InChI=1S/C25H24ClN3O4/c1-29(25(31)20-5-4-7-22-23(20)33-16-32-22)19(15-17-8-10-18(26)11-9-17)12-14-28-24(30)21-6-2-3-13-27-21/h2-11,13,19H,12,14-16H2,1H3,(H,28,30)/t19-/m1/s1. The molecular formula is C25H24ClN3O4. The van der Waals surface area contributed by atoms with Crippen molar-refractivity contribution in [3.8, 4) is 11.5 Å². The number of hydrogen-bond acceptors (Lipinski definition) is 5. The molecule has 7 nitrogen and oxygen atoms in total. The van der Waals surface area contributed by atoms with Gasteiger partial charge in [0.05, 0.1) is 5.56 Å². The molecule has 1 aliphatic heterocycles. The Morgan fingerprint density at radius 3 is 2.67 bits per heavy atom. The van der Waals surface area contributed by atoms with Gasteiger partial charge in [0.25, 0.3) is 11.8 Å². The van der Waals surface area contributed by atoms with E-state index < -0.39 is 0 Å². The number of likely N-dealkylation sites (N-methyl/N-ethyl adjacent to an activating group) is 1. The molecule has 1 atom stereocenters. The molecule has 0 unspecified atom stereocenters. The molecule has 1 N–H and O–H groups in total. The lowest BCUT2D eigenvalue weighted by Crippen LogP contribution is -2.41. The van der Waals surface area contributed by atoms with E-state index in [0.29, 0.717) is 47.2 Å². The first-order valence-corrected chi connectivity index (χ1v) is 11.0. The maximum absolute atomic E-state index is 13.4. The highest BCUT2D eigenvalue weighted by Crippen LogP contribution is 2.36. The Hall–Kier alpha value is -3.58. The Morgan fingerprint density at radius 2 is 1.91 bits per heavy atom. The van der Waals surface area contributed by atoms with Gasteiger partial charge >= 0.3 is 0 Å². The highest BCUT2D eigenvalue weighted by atomic mass is 35.5. The first-order valence-electron chi connectivity index (χ1n) is 10.6. The minimum Gasteiger partial charge on any atom is -0.454 e. The van der Waals surface area contributed by atoms with Crippen molar-refractivity contribution in [3.63, 3.8) is 0 Å². The molecule has 2 aromatic carbocycles. The summed E-state index contributed by atoms with van der Waals surface area (Å²) in [5.41, 5.74) is 1.84. The minimum atomic E-state index is -0.249. The van der Waals surface area contributed by atoms with E-state index in [9.17, 15) is 9.59 Å². The Morgan fingerprint density at radius 1 is 1.09 bits per heavy atom. The molecule has 1 aromatic heterocycles. The van der Waals surface area contributed by atoms with Crippen LogP contribution in [0.3, 0.4) is 0 Å². The summed E-state index contributed by atoms with van der Waals surface area (Å²) in [4.78, 5) is 31.5. The predicted octanol–water partition coefficient (Wildman–Crippen LogP) is 3.97. The molecule has 0 aliphatic carbocycles. The van der Waals surface area contributed by atoms with Crippen LogP contribution < -0.4 is 14.8 Å². The number of ether oxygens (including phenoxy) is 2. The number of benzene rings is 2. The lowest BCUT2D eigenvalue weighted by Gasteiger charge is -2.29. The zero-order valence-electron chi connectivity index (χ0n) is 18.2. The van der Waals surface area contributed by atoms with Crippen molar-refractivity contribution in [3.05, 3.63) is 88.7 Å². The van der Waals surface area contributed by atoms with Gasteiger partial charge in [-0.1, -0.05) is 35.9 Å². The Bertz CT molecular complexity index is 1120. The van der Waals surface area contributed by atoms with Crippen LogP contribution in [0.4, 0.5) is 0 Å². The molecule has 170 valence electrons. The van der Waals surface area contributed by atoms with Crippen molar-refractivity contribution < 1.29 is 19.1 Å². The van der Waals surface area contributed by atoms with E-state index in [1.807, 2.05) is 24.3 Å². The number of hydrogen-bond donors (Lipinski definition) is 1. The van der Waals surface area contributed by atoms with E-state index in [4.69, 9.17) is 21.1 Å². The van der Waals surface area contributed by atoms with Crippen LogP contribution in [0.15, 0.2) is 66.9 Å². The molecule has 2 heterocycles. The van der Waals surface area contributed by atoms with Crippen LogP contribution >= 0.6 is 11.6 Å². The van der Waals surface area contributed by atoms with Gasteiger partial charge in [0.15, 0.2) is 11.5 Å². The van der Waals surface area contributed by atoms with E-state index in [0.717, 1.165) is 5.56 Å². The summed E-state index contributed by atoms with van der Waals surface area (Å²) in [6.07, 6.45) is 2.73. The van der Waals surface area contributed by atoms with Crippen LogP contribution in [0.1, 0.15) is 32.8 Å².